The van der Waals surface area contributed by atoms with Gasteiger partial charge in [-0.15, -0.1) is 0 Å². The maximum Gasteiger partial charge on any atom is 0.313 e. The molecule has 0 aliphatic rings. The highest BCUT2D eigenvalue weighted by Crippen LogP contribution is 2.18. The smallest absolute Gasteiger partial charge is 0.313 e. The van der Waals surface area contributed by atoms with E-state index in [1.54, 1.807) is 25.3 Å². The molecule has 0 bridgehead atoms. The number of rotatable bonds is 5. The molecule has 0 unspecified atom stereocenters. The number of carbonyl (C=O) groups excluding carboxylic acids is 2. The number of H-pyrrole nitrogens is 1. The maximum absolute atomic E-state index is 11.9. The number of carbonyl (C=O) groups is 2. The predicted octanol–water partition coefficient (Wildman–Crippen LogP) is 1.24. The molecule has 1 aromatic carbocycles. The maximum atomic E-state index is 11.9. The fourth-order valence-corrected chi connectivity index (χ4v) is 1.99. The highest BCUT2D eigenvalue weighted by Gasteiger charge is 2.18. The Balaban J connectivity index is 1.93. The molecular formula is C16H20N4O3. The van der Waals surface area contributed by atoms with Crippen molar-refractivity contribution in [1.29, 1.82) is 0 Å². The zero-order valence-electron chi connectivity index (χ0n) is 13.1. The molecule has 0 radical (unpaired) electrons. The molecule has 1 heterocycles. The number of hydrogen-bond donors (Lipinski definition) is 3. The van der Waals surface area contributed by atoms with Crippen LogP contribution in [-0.2, 0) is 9.59 Å². The first kappa shape index (κ1) is 16.7. The molecule has 0 fully saturated rings. The number of aromatic amines is 1. The van der Waals surface area contributed by atoms with Gasteiger partial charge in [0.15, 0.2) is 0 Å². The molecule has 0 aliphatic carbocycles. The summed E-state index contributed by atoms with van der Waals surface area (Å²) in [6, 6.07) is 8.93. The van der Waals surface area contributed by atoms with Gasteiger partial charge in [-0.05, 0) is 37.1 Å². The van der Waals surface area contributed by atoms with Gasteiger partial charge in [-0.2, -0.15) is 5.10 Å². The number of amides is 2. The van der Waals surface area contributed by atoms with Gasteiger partial charge in [0, 0.05) is 25.5 Å². The van der Waals surface area contributed by atoms with E-state index in [-0.39, 0.29) is 0 Å². The van der Waals surface area contributed by atoms with Crippen molar-refractivity contribution in [3.8, 4) is 11.3 Å². The molecule has 3 N–H and O–H groups in total. The van der Waals surface area contributed by atoms with Gasteiger partial charge in [0.1, 0.15) is 0 Å². The van der Waals surface area contributed by atoms with Crippen LogP contribution in [0.5, 0.6) is 0 Å². The van der Waals surface area contributed by atoms with E-state index in [9.17, 15) is 14.7 Å². The number of likely N-dealkylation sites (N-methyl/N-ethyl adjacent to an activating group) is 1. The van der Waals surface area contributed by atoms with E-state index in [1.807, 2.05) is 18.2 Å². The second kappa shape index (κ2) is 7.55. The van der Waals surface area contributed by atoms with Crippen LogP contribution in [0.1, 0.15) is 13.3 Å². The van der Waals surface area contributed by atoms with Gasteiger partial charge >= 0.3 is 11.8 Å². The Bertz CT molecular complexity index is 650. The lowest BCUT2D eigenvalue weighted by molar-refractivity contribution is -0.142. The molecule has 0 aliphatic heterocycles. The molecule has 1 aromatic heterocycles. The van der Waals surface area contributed by atoms with Gasteiger partial charge in [0.2, 0.25) is 0 Å². The summed E-state index contributed by atoms with van der Waals surface area (Å²) in [7, 11) is 1.53. The molecule has 7 heteroatoms. The third kappa shape index (κ3) is 4.65. The quantitative estimate of drug-likeness (QED) is 0.723. The minimum absolute atomic E-state index is 0.322. The second-order valence-corrected chi connectivity index (χ2v) is 5.37. The number of nitrogens with one attached hydrogen (secondary N) is 2. The first-order valence-electron chi connectivity index (χ1n) is 7.31. The zero-order chi connectivity index (χ0) is 16.8. The standard InChI is InChI=1S/C16H20N4O3/c1-11(21)8-10-20(2)16(23)15(22)18-13-5-3-12(4-6-13)14-7-9-17-19-14/h3-7,9,11,21H,8,10H2,1-2H3,(H,17,19)(H,18,22)/t11-/m1/s1. The van der Waals surface area contributed by atoms with Crippen LogP contribution in [0.4, 0.5) is 5.69 Å². The Kier molecular flexibility index (Phi) is 5.48. The summed E-state index contributed by atoms with van der Waals surface area (Å²) in [5.41, 5.74) is 2.34. The van der Waals surface area contributed by atoms with E-state index in [0.29, 0.717) is 18.7 Å². The lowest BCUT2D eigenvalue weighted by atomic mass is 10.1. The number of hydrogen-bond acceptors (Lipinski definition) is 4. The molecule has 7 nitrogen and oxygen atoms in total. The SMILES string of the molecule is C[C@@H](O)CCN(C)C(=O)C(=O)Nc1ccc(-c2ccn[nH]2)cc1. The summed E-state index contributed by atoms with van der Waals surface area (Å²) in [5.74, 6) is -1.34. The molecule has 1 atom stereocenters. The third-order valence-corrected chi connectivity index (χ3v) is 3.38. The number of nitrogens with zero attached hydrogens (tertiary/aromatic N) is 2. The van der Waals surface area contributed by atoms with E-state index in [1.165, 1.54) is 11.9 Å². The molecule has 23 heavy (non-hydrogen) atoms. The van der Waals surface area contributed by atoms with E-state index in [2.05, 4.69) is 15.5 Å². The van der Waals surface area contributed by atoms with Crippen LogP contribution in [0.3, 0.4) is 0 Å². The largest absolute Gasteiger partial charge is 0.393 e. The minimum Gasteiger partial charge on any atom is -0.393 e. The number of benzene rings is 1. The van der Waals surface area contributed by atoms with E-state index < -0.39 is 17.9 Å². The van der Waals surface area contributed by atoms with Gasteiger partial charge in [-0.1, -0.05) is 12.1 Å². The van der Waals surface area contributed by atoms with Crippen LogP contribution < -0.4 is 5.32 Å². The van der Waals surface area contributed by atoms with Crippen molar-refractivity contribution >= 4 is 17.5 Å². The molecule has 0 spiro atoms. The predicted molar refractivity (Wildman–Crippen MR) is 86.6 cm³/mol. The van der Waals surface area contributed by atoms with Crippen molar-refractivity contribution in [2.24, 2.45) is 0 Å². The van der Waals surface area contributed by atoms with Gasteiger partial charge in [-0.25, -0.2) is 0 Å². The average molecular weight is 316 g/mol. The summed E-state index contributed by atoms with van der Waals surface area (Å²) in [6.07, 6.45) is 1.57. The second-order valence-electron chi connectivity index (χ2n) is 5.37. The zero-order valence-corrected chi connectivity index (χ0v) is 13.1. The molecule has 0 saturated heterocycles. The summed E-state index contributed by atoms with van der Waals surface area (Å²) in [5, 5.41) is 18.5. The molecular weight excluding hydrogens is 296 g/mol. The van der Waals surface area contributed by atoms with Crippen molar-refractivity contribution in [2.75, 3.05) is 18.9 Å². The lowest BCUT2D eigenvalue weighted by Crippen LogP contribution is -2.38. The Morgan fingerprint density at radius 3 is 2.57 bits per heavy atom. The molecule has 2 rings (SSSR count). The topological polar surface area (TPSA) is 98.3 Å². The summed E-state index contributed by atoms with van der Waals surface area (Å²) < 4.78 is 0. The Morgan fingerprint density at radius 1 is 1.30 bits per heavy atom. The van der Waals surface area contributed by atoms with Gasteiger partial charge in [0.25, 0.3) is 0 Å². The highest BCUT2D eigenvalue weighted by atomic mass is 16.3. The summed E-state index contributed by atoms with van der Waals surface area (Å²) in [4.78, 5) is 25.2. The Labute approximate surface area is 134 Å². The molecule has 122 valence electrons. The number of aromatic nitrogens is 2. The summed E-state index contributed by atoms with van der Waals surface area (Å²) in [6.45, 7) is 1.96. The molecule has 2 aromatic rings. The highest BCUT2D eigenvalue weighted by molar-refractivity contribution is 6.39. The van der Waals surface area contributed by atoms with Crippen LogP contribution in [-0.4, -0.2) is 51.7 Å². The Morgan fingerprint density at radius 2 is 2.00 bits per heavy atom. The fourth-order valence-electron chi connectivity index (χ4n) is 1.99. The van der Waals surface area contributed by atoms with Crippen molar-refractivity contribution in [2.45, 2.75) is 19.4 Å². The van der Waals surface area contributed by atoms with Crippen LogP contribution in [0.25, 0.3) is 11.3 Å². The average Bonchev–Trinajstić information content (AvgIpc) is 3.06. The van der Waals surface area contributed by atoms with Crippen molar-refractivity contribution < 1.29 is 14.7 Å². The van der Waals surface area contributed by atoms with Crippen molar-refractivity contribution in [1.82, 2.24) is 15.1 Å². The minimum atomic E-state index is -0.701. The first-order chi connectivity index (χ1) is 11.0. The van der Waals surface area contributed by atoms with E-state index in [0.717, 1.165) is 11.3 Å². The van der Waals surface area contributed by atoms with Crippen LogP contribution >= 0.6 is 0 Å². The van der Waals surface area contributed by atoms with E-state index in [4.69, 9.17) is 0 Å². The van der Waals surface area contributed by atoms with Crippen LogP contribution in [0.15, 0.2) is 36.5 Å². The monoisotopic (exact) mass is 316 g/mol. The van der Waals surface area contributed by atoms with Crippen LogP contribution in [0.2, 0.25) is 0 Å². The van der Waals surface area contributed by atoms with Crippen molar-refractivity contribution in [3.63, 3.8) is 0 Å². The number of aliphatic hydroxyl groups excluding tert-OH is 1. The van der Waals surface area contributed by atoms with E-state index >= 15 is 0 Å². The molecule has 0 saturated carbocycles. The normalized spacial score (nSPS) is 11.8. The fraction of sp³-hybridized carbons (Fsp3) is 0.312. The van der Waals surface area contributed by atoms with Gasteiger partial charge in [-0.3, -0.25) is 14.7 Å². The summed E-state index contributed by atoms with van der Waals surface area (Å²) >= 11 is 0. The van der Waals surface area contributed by atoms with Gasteiger partial charge in [0.05, 0.1) is 11.8 Å². The first-order valence-corrected chi connectivity index (χ1v) is 7.31. The van der Waals surface area contributed by atoms with Crippen LogP contribution in [0, 0.1) is 0 Å². The number of aliphatic hydroxyl groups is 1. The Hall–Kier alpha value is -2.67. The third-order valence-electron chi connectivity index (χ3n) is 3.38. The molecule has 2 amide bonds. The lowest BCUT2D eigenvalue weighted by Gasteiger charge is -2.17. The van der Waals surface area contributed by atoms with Crippen molar-refractivity contribution in [3.05, 3.63) is 36.5 Å². The number of anilines is 1. The van der Waals surface area contributed by atoms with Gasteiger partial charge < -0.3 is 15.3 Å².